The van der Waals surface area contributed by atoms with Gasteiger partial charge in [-0.05, 0) is 86.5 Å². The van der Waals surface area contributed by atoms with Gasteiger partial charge in [-0.1, -0.05) is 6.08 Å². The van der Waals surface area contributed by atoms with E-state index < -0.39 is 53.3 Å². The molecule has 0 aliphatic carbocycles. The highest BCUT2D eigenvalue weighted by Crippen LogP contribution is 2.45. The predicted octanol–water partition coefficient (Wildman–Crippen LogP) is 7.37. The van der Waals surface area contributed by atoms with Gasteiger partial charge in [0.2, 0.25) is 0 Å². The number of hydrogen-bond donors (Lipinski definition) is 0. The zero-order chi connectivity index (χ0) is 28.8. The summed E-state index contributed by atoms with van der Waals surface area (Å²) in [7, 11) is 0. The van der Waals surface area contributed by atoms with E-state index in [4.69, 9.17) is 9.47 Å². The lowest BCUT2D eigenvalue weighted by Crippen LogP contribution is -2.50. The third-order valence-corrected chi connectivity index (χ3v) is 7.16. The SMILES string of the molecule is CC(C)(C)OC(=O)N1C2C=C(C(F)(F)F)CC1CC2.CC(C)(C)OC(=O)N1C2CCC1CC(C(F)(F)F)C2. The van der Waals surface area contributed by atoms with Gasteiger partial charge >= 0.3 is 24.5 Å². The molecule has 38 heavy (non-hydrogen) atoms. The van der Waals surface area contributed by atoms with Gasteiger partial charge in [-0.3, -0.25) is 4.90 Å². The van der Waals surface area contributed by atoms with Crippen molar-refractivity contribution in [2.75, 3.05) is 0 Å². The van der Waals surface area contributed by atoms with Gasteiger partial charge in [0.1, 0.15) is 11.2 Å². The normalized spacial score (nSPS) is 29.4. The summed E-state index contributed by atoms with van der Waals surface area (Å²) in [6.07, 6.45) is -5.89. The summed E-state index contributed by atoms with van der Waals surface area (Å²) in [6.45, 7) is 10.5. The highest BCUT2D eigenvalue weighted by Gasteiger charge is 2.52. The number of ether oxygens (including phenoxy) is 2. The number of carbonyl (C=O) groups is 2. The fourth-order valence-corrected chi connectivity index (χ4v) is 5.70. The van der Waals surface area contributed by atoms with E-state index in [0.717, 1.165) is 0 Å². The number of halogens is 6. The second kappa shape index (κ2) is 10.4. The van der Waals surface area contributed by atoms with Crippen LogP contribution in [-0.2, 0) is 9.47 Å². The molecule has 4 rings (SSSR count). The van der Waals surface area contributed by atoms with Crippen molar-refractivity contribution in [3.63, 3.8) is 0 Å². The molecule has 2 amide bonds. The molecule has 3 saturated heterocycles. The average molecular weight is 557 g/mol. The Kier molecular flexibility index (Phi) is 8.36. The second-order valence-electron chi connectivity index (χ2n) is 12.6. The molecular formula is C26H38F6N2O4. The van der Waals surface area contributed by atoms with E-state index in [1.165, 1.54) is 15.9 Å². The van der Waals surface area contributed by atoms with Crippen molar-refractivity contribution in [3.05, 3.63) is 11.6 Å². The summed E-state index contributed by atoms with van der Waals surface area (Å²) in [5.74, 6) is -1.27. The Morgan fingerprint density at radius 3 is 1.58 bits per heavy atom. The molecule has 0 aromatic heterocycles. The Bertz CT molecular complexity index is 905. The summed E-state index contributed by atoms with van der Waals surface area (Å²) in [6, 6.07) is -1.51. The van der Waals surface area contributed by atoms with Crippen LogP contribution in [0.15, 0.2) is 11.6 Å². The van der Waals surface area contributed by atoms with Crippen molar-refractivity contribution in [1.82, 2.24) is 9.80 Å². The predicted molar refractivity (Wildman–Crippen MR) is 127 cm³/mol. The second-order valence-corrected chi connectivity index (χ2v) is 12.6. The molecule has 0 saturated carbocycles. The number of piperidine rings is 1. The molecule has 3 fully saturated rings. The third-order valence-electron chi connectivity index (χ3n) is 7.16. The van der Waals surface area contributed by atoms with Crippen LogP contribution in [0.3, 0.4) is 0 Å². The van der Waals surface area contributed by atoms with Crippen molar-refractivity contribution in [1.29, 1.82) is 0 Å². The molecule has 4 aliphatic rings. The first-order valence-corrected chi connectivity index (χ1v) is 13.0. The molecule has 6 nitrogen and oxygen atoms in total. The molecule has 4 bridgehead atoms. The monoisotopic (exact) mass is 556 g/mol. The van der Waals surface area contributed by atoms with Gasteiger partial charge in [0.15, 0.2) is 0 Å². The molecule has 0 radical (unpaired) electrons. The van der Waals surface area contributed by atoms with Gasteiger partial charge in [0.25, 0.3) is 0 Å². The summed E-state index contributed by atoms with van der Waals surface area (Å²) >= 11 is 0. The number of nitrogens with zero attached hydrogens (tertiary/aromatic N) is 2. The zero-order valence-corrected chi connectivity index (χ0v) is 22.7. The highest BCUT2D eigenvalue weighted by atomic mass is 19.4. The number of rotatable bonds is 0. The average Bonchev–Trinajstić information content (AvgIpc) is 3.12. The lowest BCUT2D eigenvalue weighted by atomic mass is 9.90. The van der Waals surface area contributed by atoms with Crippen LogP contribution in [0.2, 0.25) is 0 Å². The molecule has 12 heteroatoms. The van der Waals surface area contributed by atoms with Crippen LogP contribution >= 0.6 is 0 Å². The molecular weight excluding hydrogens is 518 g/mol. The van der Waals surface area contributed by atoms with Crippen LogP contribution in [-0.4, -0.2) is 69.7 Å². The minimum absolute atomic E-state index is 0.0131. The molecule has 4 aliphatic heterocycles. The summed E-state index contributed by atoms with van der Waals surface area (Å²) in [5.41, 5.74) is -1.76. The van der Waals surface area contributed by atoms with Gasteiger partial charge in [-0.25, -0.2) is 9.59 Å². The molecule has 0 aromatic rings. The zero-order valence-electron chi connectivity index (χ0n) is 22.7. The molecule has 0 N–H and O–H groups in total. The maximum Gasteiger partial charge on any atom is 0.412 e. The Balaban J connectivity index is 0.000000211. The van der Waals surface area contributed by atoms with Crippen molar-refractivity contribution >= 4 is 12.2 Å². The first-order valence-electron chi connectivity index (χ1n) is 13.0. The smallest absolute Gasteiger partial charge is 0.412 e. The quantitative estimate of drug-likeness (QED) is 0.231. The van der Waals surface area contributed by atoms with E-state index in [9.17, 15) is 35.9 Å². The van der Waals surface area contributed by atoms with Crippen LogP contribution in [0.4, 0.5) is 35.9 Å². The van der Waals surface area contributed by atoms with Crippen molar-refractivity contribution in [2.45, 2.75) is 134 Å². The van der Waals surface area contributed by atoms with Crippen LogP contribution in [0, 0.1) is 5.92 Å². The molecule has 0 aromatic carbocycles. The third kappa shape index (κ3) is 7.49. The van der Waals surface area contributed by atoms with Crippen molar-refractivity contribution < 1.29 is 45.4 Å². The highest BCUT2D eigenvalue weighted by molar-refractivity contribution is 5.70. The standard InChI is InChI=1S/C13H20F3NO2.C13H18F3NO2/c2*1-12(2,3)19-11(18)17-9-4-5-10(17)7-8(6-9)13(14,15)16/h8-10H,4-7H2,1-3H3;6,9-10H,4-5,7H2,1-3H3. The Morgan fingerprint density at radius 1 is 0.737 bits per heavy atom. The van der Waals surface area contributed by atoms with E-state index in [1.54, 1.807) is 41.5 Å². The minimum atomic E-state index is -4.29. The number of amides is 2. The first kappa shape index (κ1) is 30.4. The number of hydrogen-bond acceptors (Lipinski definition) is 4. The van der Waals surface area contributed by atoms with Crippen LogP contribution in [0.1, 0.15) is 86.5 Å². The lowest BCUT2D eigenvalue weighted by molar-refractivity contribution is -0.190. The Morgan fingerprint density at radius 2 is 1.18 bits per heavy atom. The minimum Gasteiger partial charge on any atom is -0.444 e. The molecule has 0 spiro atoms. The fourth-order valence-electron chi connectivity index (χ4n) is 5.70. The lowest BCUT2D eigenvalue weighted by Gasteiger charge is -2.39. The van der Waals surface area contributed by atoms with Gasteiger partial charge in [-0.2, -0.15) is 26.3 Å². The maximum absolute atomic E-state index is 12.8. The van der Waals surface area contributed by atoms with Crippen LogP contribution in [0.25, 0.3) is 0 Å². The molecule has 4 atom stereocenters. The van der Waals surface area contributed by atoms with E-state index in [1.807, 2.05) is 0 Å². The van der Waals surface area contributed by atoms with Gasteiger partial charge in [0.05, 0.1) is 12.0 Å². The summed E-state index contributed by atoms with van der Waals surface area (Å²) in [4.78, 5) is 27.1. The van der Waals surface area contributed by atoms with E-state index >= 15 is 0 Å². The summed E-state index contributed by atoms with van der Waals surface area (Å²) < 4.78 is 87.0. The molecule has 4 heterocycles. The van der Waals surface area contributed by atoms with E-state index in [2.05, 4.69) is 0 Å². The largest absolute Gasteiger partial charge is 0.444 e. The van der Waals surface area contributed by atoms with Gasteiger partial charge in [0, 0.05) is 23.7 Å². The Labute approximate surface area is 219 Å². The number of fused-ring (bicyclic) bond motifs is 4. The van der Waals surface area contributed by atoms with E-state index in [0.29, 0.717) is 25.7 Å². The Hall–Kier alpha value is -2.14. The summed E-state index contributed by atoms with van der Waals surface area (Å²) in [5, 5.41) is 0. The van der Waals surface area contributed by atoms with E-state index in [-0.39, 0.29) is 37.4 Å². The number of alkyl halides is 6. The topological polar surface area (TPSA) is 59.1 Å². The van der Waals surface area contributed by atoms with Crippen molar-refractivity contribution in [2.24, 2.45) is 5.92 Å². The number of carbonyl (C=O) groups excluding carboxylic acids is 2. The molecule has 218 valence electrons. The first-order chi connectivity index (χ1) is 17.2. The van der Waals surface area contributed by atoms with Gasteiger partial charge < -0.3 is 14.4 Å². The van der Waals surface area contributed by atoms with Crippen LogP contribution < -0.4 is 0 Å². The maximum atomic E-state index is 12.8. The van der Waals surface area contributed by atoms with Gasteiger partial charge in [-0.15, -0.1) is 0 Å². The van der Waals surface area contributed by atoms with Crippen LogP contribution in [0.5, 0.6) is 0 Å². The van der Waals surface area contributed by atoms with Crippen molar-refractivity contribution in [3.8, 4) is 0 Å². The fraction of sp³-hybridized carbons (Fsp3) is 0.846. The molecule has 4 unspecified atom stereocenters.